The van der Waals surface area contributed by atoms with Crippen molar-refractivity contribution in [3.05, 3.63) is 47.3 Å². The number of carbonyl (C=O) groups is 1. The van der Waals surface area contributed by atoms with E-state index in [4.69, 9.17) is 5.73 Å². The first-order chi connectivity index (χ1) is 13.3. The molecule has 1 saturated carbocycles. The summed E-state index contributed by atoms with van der Waals surface area (Å²) in [6.45, 7) is 2.41. The number of benzene rings is 1. The number of amides is 1. The van der Waals surface area contributed by atoms with Gasteiger partial charge in [0.25, 0.3) is 5.91 Å². The summed E-state index contributed by atoms with van der Waals surface area (Å²) in [5.74, 6) is -0.142. The Morgan fingerprint density at radius 3 is 2.69 bits per heavy atom. The number of rotatable bonds is 8. The smallest absolute Gasteiger partial charge is 0.348 e. The van der Waals surface area contributed by atoms with Crippen LogP contribution in [0.1, 0.15) is 66.6 Å². The zero-order chi connectivity index (χ0) is 20.3. The van der Waals surface area contributed by atoms with Gasteiger partial charge in [-0.3, -0.25) is 4.79 Å². The quantitative estimate of drug-likeness (QED) is 0.650. The van der Waals surface area contributed by atoms with Gasteiger partial charge in [0.05, 0.1) is 28.7 Å². The number of hydrogen-bond acceptors (Lipinski definition) is 3. The minimum absolute atomic E-state index is 0. The molecular formula is C20H26ClF3N4O. The zero-order valence-electron chi connectivity index (χ0n) is 16.2. The van der Waals surface area contributed by atoms with E-state index in [1.165, 1.54) is 16.9 Å². The molecule has 1 aliphatic rings. The van der Waals surface area contributed by atoms with Crippen LogP contribution in [0.15, 0.2) is 30.5 Å². The molecule has 1 unspecified atom stereocenters. The highest BCUT2D eigenvalue weighted by Gasteiger charge is 2.34. The van der Waals surface area contributed by atoms with Crippen LogP contribution >= 0.6 is 12.4 Å². The lowest BCUT2D eigenvalue weighted by Crippen LogP contribution is -2.40. The maximum Gasteiger partial charge on any atom is 0.416 e. The van der Waals surface area contributed by atoms with E-state index in [0.29, 0.717) is 23.5 Å². The van der Waals surface area contributed by atoms with Gasteiger partial charge in [0.1, 0.15) is 0 Å². The maximum atomic E-state index is 13.1. The van der Waals surface area contributed by atoms with E-state index < -0.39 is 11.7 Å². The maximum absolute atomic E-state index is 13.1. The lowest BCUT2D eigenvalue weighted by Gasteiger charge is -2.17. The third kappa shape index (κ3) is 5.51. The standard InChI is InChI=1S/C20H25F3N4O.ClH/c1-2-3-6-15(11-24)26-19(28)17-12-25-27(18(17)13-8-9-13)16-7-4-5-14(10-16)20(21,22)23;/h4-5,7,10,12-13,15H,2-3,6,8-9,11,24H2,1H3,(H,26,28);1H. The Morgan fingerprint density at radius 2 is 2.10 bits per heavy atom. The molecule has 1 aromatic carbocycles. The summed E-state index contributed by atoms with van der Waals surface area (Å²) in [5, 5.41) is 7.19. The van der Waals surface area contributed by atoms with Crippen LogP contribution in [0.3, 0.4) is 0 Å². The summed E-state index contributed by atoms with van der Waals surface area (Å²) in [5.41, 5.74) is 6.41. The topological polar surface area (TPSA) is 72.9 Å². The molecule has 3 rings (SSSR count). The summed E-state index contributed by atoms with van der Waals surface area (Å²) in [4.78, 5) is 12.8. The van der Waals surface area contributed by atoms with Crippen LogP contribution in [0.4, 0.5) is 13.2 Å². The Kier molecular flexibility index (Phi) is 7.71. The van der Waals surface area contributed by atoms with Crippen molar-refractivity contribution in [1.29, 1.82) is 0 Å². The molecule has 1 aromatic heterocycles. The highest BCUT2D eigenvalue weighted by molar-refractivity contribution is 5.95. The van der Waals surface area contributed by atoms with Crippen LogP contribution < -0.4 is 11.1 Å². The molecule has 0 bridgehead atoms. The Balaban J connectivity index is 0.00000300. The minimum Gasteiger partial charge on any atom is -0.348 e. The largest absolute Gasteiger partial charge is 0.416 e. The monoisotopic (exact) mass is 430 g/mol. The van der Waals surface area contributed by atoms with Crippen molar-refractivity contribution in [2.24, 2.45) is 5.73 Å². The number of halogens is 4. The molecule has 0 saturated heterocycles. The van der Waals surface area contributed by atoms with E-state index in [-0.39, 0.29) is 30.3 Å². The molecule has 0 aliphatic heterocycles. The lowest BCUT2D eigenvalue weighted by atomic mass is 10.1. The predicted molar refractivity (Wildman–Crippen MR) is 108 cm³/mol. The molecule has 1 aliphatic carbocycles. The predicted octanol–water partition coefficient (Wildman–Crippen LogP) is 4.44. The van der Waals surface area contributed by atoms with Gasteiger partial charge in [0, 0.05) is 18.5 Å². The van der Waals surface area contributed by atoms with E-state index in [1.54, 1.807) is 6.07 Å². The molecule has 0 radical (unpaired) electrons. The van der Waals surface area contributed by atoms with Crippen molar-refractivity contribution in [3.8, 4) is 5.69 Å². The van der Waals surface area contributed by atoms with Crippen molar-refractivity contribution < 1.29 is 18.0 Å². The summed E-state index contributed by atoms with van der Waals surface area (Å²) >= 11 is 0. The summed E-state index contributed by atoms with van der Waals surface area (Å²) in [7, 11) is 0. The van der Waals surface area contributed by atoms with Crippen LogP contribution in [0.2, 0.25) is 0 Å². The van der Waals surface area contributed by atoms with Crippen molar-refractivity contribution >= 4 is 18.3 Å². The molecule has 1 atom stereocenters. The summed E-state index contributed by atoms with van der Waals surface area (Å²) in [6.07, 6.45) is 1.54. The SMILES string of the molecule is CCCCC(CN)NC(=O)c1cnn(-c2cccc(C(F)(F)F)c2)c1C1CC1.Cl. The second-order valence-electron chi connectivity index (χ2n) is 7.23. The Bertz CT molecular complexity index is 833. The van der Waals surface area contributed by atoms with Gasteiger partial charge in [-0.05, 0) is 37.5 Å². The van der Waals surface area contributed by atoms with Crippen LogP contribution in [-0.4, -0.2) is 28.3 Å². The molecule has 2 aromatic rings. The highest BCUT2D eigenvalue weighted by atomic mass is 35.5. The van der Waals surface area contributed by atoms with E-state index in [2.05, 4.69) is 17.3 Å². The van der Waals surface area contributed by atoms with Gasteiger partial charge in [0.2, 0.25) is 0 Å². The van der Waals surface area contributed by atoms with Crippen molar-refractivity contribution in [1.82, 2.24) is 15.1 Å². The fourth-order valence-electron chi connectivity index (χ4n) is 3.26. The van der Waals surface area contributed by atoms with Gasteiger partial charge in [0.15, 0.2) is 0 Å². The number of carbonyl (C=O) groups excluding carboxylic acids is 1. The van der Waals surface area contributed by atoms with Gasteiger partial charge in [-0.15, -0.1) is 12.4 Å². The van der Waals surface area contributed by atoms with Crippen LogP contribution in [0.5, 0.6) is 0 Å². The Morgan fingerprint density at radius 1 is 1.38 bits per heavy atom. The summed E-state index contributed by atoms with van der Waals surface area (Å²) in [6, 6.07) is 4.88. The number of aromatic nitrogens is 2. The van der Waals surface area contributed by atoms with E-state index in [9.17, 15) is 18.0 Å². The Hall–Kier alpha value is -2.06. The third-order valence-corrected chi connectivity index (χ3v) is 4.96. The van der Waals surface area contributed by atoms with Crippen molar-refractivity contribution in [3.63, 3.8) is 0 Å². The van der Waals surface area contributed by atoms with Crippen LogP contribution in [-0.2, 0) is 6.18 Å². The molecule has 1 fully saturated rings. The normalized spacial score (nSPS) is 14.9. The molecular weight excluding hydrogens is 405 g/mol. The van der Waals surface area contributed by atoms with Gasteiger partial charge in [-0.25, -0.2) is 4.68 Å². The highest BCUT2D eigenvalue weighted by Crippen LogP contribution is 2.42. The molecule has 0 spiro atoms. The first-order valence-corrected chi connectivity index (χ1v) is 9.61. The number of unbranched alkanes of at least 4 members (excludes halogenated alkanes) is 1. The Labute approximate surface area is 174 Å². The summed E-state index contributed by atoms with van der Waals surface area (Å²) < 4.78 is 40.7. The average Bonchev–Trinajstić information content (AvgIpc) is 3.42. The van der Waals surface area contributed by atoms with Gasteiger partial charge in [-0.1, -0.05) is 25.8 Å². The molecule has 160 valence electrons. The zero-order valence-corrected chi connectivity index (χ0v) is 17.0. The van der Waals surface area contributed by atoms with Gasteiger partial charge < -0.3 is 11.1 Å². The molecule has 1 heterocycles. The van der Waals surface area contributed by atoms with E-state index in [0.717, 1.165) is 44.2 Å². The molecule has 5 nitrogen and oxygen atoms in total. The van der Waals surface area contributed by atoms with Crippen molar-refractivity contribution in [2.75, 3.05) is 6.54 Å². The average molecular weight is 431 g/mol. The van der Waals surface area contributed by atoms with Crippen LogP contribution in [0, 0.1) is 0 Å². The number of alkyl halides is 3. The van der Waals surface area contributed by atoms with E-state index >= 15 is 0 Å². The molecule has 3 N–H and O–H groups in total. The molecule has 1 amide bonds. The first kappa shape index (κ1) is 23.2. The van der Waals surface area contributed by atoms with Gasteiger partial charge >= 0.3 is 6.18 Å². The fraction of sp³-hybridized carbons (Fsp3) is 0.500. The number of nitrogens with one attached hydrogen (secondary N) is 1. The second-order valence-corrected chi connectivity index (χ2v) is 7.23. The third-order valence-electron chi connectivity index (χ3n) is 4.96. The fourth-order valence-corrected chi connectivity index (χ4v) is 3.26. The van der Waals surface area contributed by atoms with Crippen molar-refractivity contribution in [2.45, 2.75) is 57.2 Å². The molecule has 9 heteroatoms. The lowest BCUT2D eigenvalue weighted by molar-refractivity contribution is -0.137. The number of nitrogens with zero attached hydrogens (tertiary/aromatic N) is 2. The van der Waals surface area contributed by atoms with E-state index in [1.807, 2.05) is 0 Å². The number of hydrogen-bond donors (Lipinski definition) is 2. The second kappa shape index (κ2) is 9.63. The van der Waals surface area contributed by atoms with Crippen LogP contribution in [0.25, 0.3) is 5.69 Å². The first-order valence-electron chi connectivity index (χ1n) is 9.61. The minimum atomic E-state index is -4.43. The number of nitrogens with two attached hydrogens (primary N) is 1. The van der Waals surface area contributed by atoms with Gasteiger partial charge in [-0.2, -0.15) is 18.3 Å². The molecule has 29 heavy (non-hydrogen) atoms.